The summed E-state index contributed by atoms with van der Waals surface area (Å²) in [5, 5.41) is 6.99. The van der Waals surface area contributed by atoms with Crippen molar-refractivity contribution in [3.05, 3.63) is 51.8 Å². The number of nitrogens with zero attached hydrogens (tertiary/aromatic N) is 2. The molecule has 2 aliphatic rings. The van der Waals surface area contributed by atoms with Crippen LogP contribution < -0.4 is 10.0 Å². The zero-order valence-electron chi connectivity index (χ0n) is 16.5. The minimum atomic E-state index is -4.45. The summed E-state index contributed by atoms with van der Waals surface area (Å²) in [4.78, 5) is 0. The molecule has 1 aromatic heterocycles. The van der Waals surface area contributed by atoms with Gasteiger partial charge in [-0.05, 0) is 43.4 Å². The number of nitrogens with one attached hydrogen (secondary N) is 2. The molecule has 0 saturated carbocycles. The molecule has 1 aliphatic heterocycles. The normalized spacial score (nSPS) is 20.0. The van der Waals surface area contributed by atoms with Gasteiger partial charge in [0.1, 0.15) is 0 Å². The maximum atomic E-state index is 13.4. The Bertz CT molecular complexity index is 939. The van der Waals surface area contributed by atoms with Crippen LogP contribution in [0.5, 0.6) is 0 Å². The highest BCUT2D eigenvalue weighted by Crippen LogP contribution is 2.34. The van der Waals surface area contributed by atoms with Gasteiger partial charge >= 0.3 is 6.18 Å². The fraction of sp³-hybridized carbons (Fsp3) is 0.550. The number of rotatable bonds is 5. The van der Waals surface area contributed by atoms with E-state index in [1.54, 1.807) is 0 Å². The molecular formula is C20H25F3N4OS. The van der Waals surface area contributed by atoms with Gasteiger partial charge in [0.15, 0.2) is 5.69 Å². The molecular weight excluding hydrogens is 401 g/mol. The van der Waals surface area contributed by atoms with Gasteiger partial charge in [-0.25, -0.2) is 8.93 Å². The third kappa shape index (κ3) is 4.27. The van der Waals surface area contributed by atoms with E-state index in [9.17, 15) is 17.4 Å². The number of aromatic nitrogens is 2. The summed E-state index contributed by atoms with van der Waals surface area (Å²) in [5.74, 6) is 0. The lowest BCUT2D eigenvalue weighted by molar-refractivity contribution is -0.142. The second-order valence-corrected chi connectivity index (χ2v) is 9.80. The molecule has 158 valence electrons. The number of benzene rings is 1. The fourth-order valence-corrected chi connectivity index (χ4v) is 4.87. The summed E-state index contributed by atoms with van der Waals surface area (Å²) in [6, 6.07) is 6.18. The summed E-state index contributed by atoms with van der Waals surface area (Å²) in [5.41, 5.74) is 3.47. The highest BCUT2D eigenvalue weighted by molar-refractivity contribution is 7.83. The van der Waals surface area contributed by atoms with Crippen molar-refractivity contribution in [2.75, 3.05) is 6.54 Å². The number of hydrogen-bond acceptors (Lipinski definition) is 3. The lowest BCUT2D eigenvalue weighted by atomic mass is 10.1. The Hall–Kier alpha value is -1.71. The molecule has 5 nitrogen and oxygen atoms in total. The van der Waals surface area contributed by atoms with Crippen LogP contribution in [0.2, 0.25) is 0 Å². The number of fused-ring (bicyclic) bond motifs is 2. The second kappa shape index (κ2) is 7.85. The van der Waals surface area contributed by atoms with Crippen molar-refractivity contribution in [2.45, 2.75) is 63.7 Å². The molecule has 9 heteroatoms. The summed E-state index contributed by atoms with van der Waals surface area (Å²) in [6.45, 7) is 5.01. The van der Waals surface area contributed by atoms with E-state index in [2.05, 4.69) is 21.2 Å². The topological polar surface area (TPSA) is 59.0 Å². The van der Waals surface area contributed by atoms with Gasteiger partial charge < -0.3 is 5.32 Å². The third-order valence-electron chi connectivity index (χ3n) is 5.52. The highest BCUT2D eigenvalue weighted by atomic mass is 32.2. The molecule has 1 aliphatic carbocycles. The van der Waals surface area contributed by atoms with Crippen molar-refractivity contribution in [1.82, 2.24) is 19.8 Å². The van der Waals surface area contributed by atoms with Crippen LogP contribution >= 0.6 is 0 Å². The van der Waals surface area contributed by atoms with E-state index in [4.69, 9.17) is 0 Å². The highest BCUT2D eigenvalue weighted by Gasteiger charge is 2.39. The predicted octanol–water partition coefficient (Wildman–Crippen LogP) is 2.72. The Morgan fingerprint density at radius 1 is 1.31 bits per heavy atom. The number of halogens is 3. The summed E-state index contributed by atoms with van der Waals surface area (Å²) >= 11 is 0. The van der Waals surface area contributed by atoms with Crippen molar-refractivity contribution in [3.63, 3.8) is 0 Å². The molecule has 29 heavy (non-hydrogen) atoms. The van der Waals surface area contributed by atoms with E-state index in [1.807, 2.05) is 26.0 Å². The smallest absolute Gasteiger partial charge is 0.312 e. The van der Waals surface area contributed by atoms with Crippen molar-refractivity contribution in [1.29, 1.82) is 0 Å². The summed E-state index contributed by atoms with van der Waals surface area (Å²) in [6.07, 6.45) is -2.32. The predicted molar refractivity (Wildman–Crippen MR) is 106 cm³/mol. The minimum absolute atomic E-state index is 0.0533. The SMILES string of the molecule is CC(C)S(=O)N[C@H]1Cc2ccc(Cn3nc(C(F)(F)F)c4c3CCNC4)cc2C1. The molecule has 0 amide bonds. The molecule has 0 saturated heterocycles. The van der Waals surface area contributed by atoms with Gasteiger partial charge in [0.25, 0.3) is 0 Å². The Morgan fingerprint density at radius 3 is 2.79 bits per heavy atom. The van der Waals surface area contributed by atoms with Crippen LogP contribution in [0.15, 0.2) is 18.2 Å². The van der Waals surface area contributed by atoms with Crippen LogP contribution in [0.3, 0.4) is 0 Å². The summed E-state index contributed by atoms with van der Waals surface area (Å²) < 4.78 is 56.9. The molecule has 2 heterocycles. The van der Waals surface area contributed by atoms with Crippen LogP contribution in [0.25, 0.3) is 0 Å². The maximum Gasteiger partial charge on any atom is 0.435 e. The van der Waals surface area contributed by atoms with E-state index in [-0.39, 0.29) is 23.4 Å². The Kier molecular flexibility index (Phi) is 5.56. The van der Waals surface area contributed by atoms with Gasteiger partial charge in [-0.2, -0.15) is 18.3 Å². The van der Waals surface area contributed by atoms with Crippen LogP contribution in [0.1, 0.15) is 47.5 Å². The van der Waals surface area contributed by atoms with Gasteiger partial charge in [0.2, 0.25) is 0 Å². The Morgan fingerprint density at radius 2 is 2.07 bits per heavy atom. The van der Waals surface area contributed by atoms with E-state index in [0.717, 1.165) is 18.4 Å². The zero-order valence-corrected chi connectivity index (χ0v) is 17.3. The lowest BCUT2D eigenvalue weighted by Gasteiger charge is -2.16. The molecule has 0 radical (unpaired) electrons. The molecule has 0 bridgehead atoms. The van der Waals surface area contributed by atoms with Crippen LogP contribution in [0, 0.1) is 0 Å². The van der Waals surface area contributed by atoms with Gasteiger partial charge in [-0.3, -0.25) is 4.68 Å². The molecule has 0 spiro atoms. The van der Waals surface area contributed by atoms with E-state index >= 15 is 0 Å². The van der Waals surface area contributed by atoms with Crippen LogP contribution in [-0.4, -0.2) is 31.8 Å². The van der Waals surface area contributed by atoms with Crippen LogP contribution in [0.4, 0.5) is 13.2 Å². The van der Waals surface area contributed by atoms with E-state index in [0.29, 0.717) is 25.2 Å². The average Bonchev–Trinajstić information content (AvgIpc) is 3.22. The van der Waals surface area contributed by atoms with Crippen molar-refractivity contribution >= 4 is 11.0 Å². The van der Waals surface area contributed by atoms with Gasteiger partial charge in [-0.15, -0.1) is 0 Å². The second-order valence-electron chi connectivity index (χ2n) is 8.03. The van der Waals surface area contributed by atoms with Crippen molar-refractivity contribution < 1.29 is 17.4 Å². The molecule has 2 N–H and O–H groups in total. The minimum Gasteiger partial charge on any atom is -0.312 e. The van der Waals surface area contributed by atoms with E-state index in [1.165, 1.54) is 15.8 Å². The lowest BCUT2D eigenvalue weighted by Crippen LogP contribution is -2.34. The molecule has 0 fully saturated rings. The van der Waals surface area contributed by atoms with Crippen molar-refractivity contribution in [2.24, 2.45) is 0 Å². The maximum absolute atomic E-state index is 13.4. The first-order valence-corrected chi connectivity index (χ1v) is 11.1. The van der Waals surface area contributed by atoms with E-state index < -0.39 is 22.9 Å². The van der Waals surface area contributed by atoms with Crippen molar-refractivity contribution in [3.8, 4) is 0 Å². The first kappa shape index (κ1) is 20.6. The molecule has 2 atom stereocenters. The molecule has 1 aromatic carbocycles. The third-order valence-corrected chi connectivity index (χ3v) is 6.94. The molecule has 1 unspecified atom stereocenters. The molecule has 2 aromatic rings. The Balaban J connectivity index is 1.54. The number of hydrogen-bond donors (Lipinski definition) is 2. The molecule has 4 rings (SSSR count). The van der Waals surface area contributed by atoms with Gasteiger partial charge in [0.05, 0.1) is 17.5 Å². The fourth-order valence-electron chi connectivity index (χ4n) is 4.10. The first-order valence-electron chi connectivity index (χ1n) is 9.86. The average molecular weight is 427 g/mol. The standard InChI is InChI=1S/C20H25F3N4OS/c1-12(2)29(28)26-16-8-14-4-3-13(7-15(14)9-16)11-27-18-5-6-24-10-17(18)19(25-27)20(21,22)23/h3-4,7,12,16,24,26H,5-6,8-11H2,1-2H3/t16-,29?/m0/s1. The largest absolute Gasteiger partial charge is 0.435 e. The quantitative estimate of drug-likeness (QED) is 0.773. The van der Waals surface area contributed by atoms with Gasteiger partial charge in [-0.1, -0.05) is 18.2 Å². The summed E-state index contributed by atoms with van der Waals surface area (Å²) in [7, 11) is -1.07. The number of alkyl halides is 3. The Labute approximate surface area is 170 Å². The first-order chi connectivity index (χ1) is 13.7. The van der Waals surface area contributed by atoms with Gasteiger partial charge in [0, 0.05) is 42.1 Å². The van der Waals surface area contributed by atoms with Crippen LogP contribution in [-0.2, 0) is 49.5 Å². The monoisotopic (exact) mass is 426 g/mol. The zero-order chi connectivity index (χ0) is 20.8.